The third-order valence-electron chi connectivity index (χ3n) is 2.85. The summed E-state index contributed by atoms with van der Waals surface area (Å²) in [5.41, 5.74) is 2.35. The number of rotatable bonds is 7. The van der Waals surface area contributed by atoms with Gasteiger partial charge < -0.3 is 4.74 Å². The first kappa shape index (κ1) is 15.7. The lowest BCUT2D eigenvalue weighted by molar-refractivity contribution is 0.0623. The minimum absolute atomic E-state index is 0.300. The van der Waals surface area contributed by atoms with E-state index in [1.807, 2.05) is 11.7 Å². The van der Waals surface area contributed by atoms with E-state index in [-0.39, 0.29) is 0 Å². The predicted octanol–water partition coefficient (Wildman–Crippen LogP) is 2.60. The van der Waals surface area contributed by atoms with Gasteiger partial charge in [-0.1, -0.05) is 6.92 Å². The molecule has 0 aromatic carbocycles. The molecule has 4 nitrogen and oxygen atoms in total. The molecule has 0 bridgehead atoms. The molecule has 1 heterocycles. The van der Waals surface area contributed by atoms with Crippen molar-refractivity contribution in [2.45, 2.75) is 39.8 Å². The zero-order valence-corrected chi connectivity index (χ0v) is 13.6. The van der Waals surface area contributed by atoms with Gasteiger partial charge in [-0.25, -0.2) is 0 Å². The van der Waals surface area contributed by atoms with Crippen molar-refractivity contribution in [2.75, 3.05) is 20.2 Å². The maximum absolute atomic E-state index is 5.56. The van der Waals surface area contributed by atoms with Gasteiger partial charge in [0.25, 0.3) is 0 Å². The monoisotopic (exact) mass is 317 g/mol. The van der Waals surface area contributed by atoms with Crippen LogP contribution < -0.4 is 0 Å². The molecule has 0 atom stereocenters. The largest absolute Gasteiger partial charge is 0.377 e. The second kappa shape index (κ2) is 7.26. The zero-order chi connectivity index (χ0) is 13.7. The van der Waals surface area contributed by atoms with Gasteiger partial charge in [-0.15, -0.1) is 0 Å². The van der Waals surface area contributed by atoms with Crippen LogP contribution in [0.3, 0.4) is 0 Å². The highest BCUT2D eigenvalue weighted by Crippen LogP contribution is 2.22. The van der Waals surface area contributed by atoms with Crippen molar-refractivity contribution in [3.05, 3.63) is 15.9 Å². The van der Waals surface area contributed by atoms with Crippen molar-refractivity contribution >= 4 is 15.9 Å². The Bertz CT molecular complexity index is 377. The van der Waals surface area contributed by atoms with E-state index in [1.54, 1.807) is 0 Å². The van der Waals surface area contributed by atoms with E-state index in [4.69, 9.17) is 4.74 Å². The summed E-state index contributed by atoms with van der Waals surface area (Å²) in [6, 6.07) is 0. The van der Waals surface area contributed by atoms with Gasteiger partial charge in [-0.2, -0.15) is 5.10 Å². The van der Waals surface area contributed by atoms with Crippen LogP contribution in [0.4, 0.5) is 0 Å². The smallest absolute Gasteiger partial charge is 0.0767 e. The van der Waals surface area contributed by atoms with Crippen LogP contribution in [0.1, 0.15) is 32.2 Å². The summed E-state index contributed by atoms with van der Waals surface area (Å²) < 4.78 is 8.66. The lowest BCUT2D eigenvalue weighted by Crippen LogP contribution is -2.25. The quantitative estimate of drug-likeness (QED) is 0.774. The van der Waals surface area contributed by atoms with E-state index in [0.29, 0.717) is 6.10 Å². The second-order valence-corrected chi connectivity index (χ2v) is 5.63. The molecule has 0 aliphatic rings. The summed E-state index contributed by atoms with van der Waals surface area (Å²) in [5, 5.41) is 4.50. The molecule has 0 amide bonds. The molecular weight excluding hydrogens is 294 g/mol. The van der Waals surface area contributed by atoms with Crippen LogP contribution >= 0.6 is 15.9 Å². The molecule has 1 aromatic rings. The lowest BCUT2D eigenvalue weighted by Gasteiger charge is -2.18. The molecule has 0 spiro atoms. The normalized spacial score (nSPS) is 11.8. The van der Waals surface area contributed by atoms with Gasteiger partial charge in [0.2, 0.25) is 0 Å². The Labute approximate surface area is 118 Å². The number of hydrogen-bond acceptors (Lipinski definition) is 3. The number of ether oxygens (including phenoxy) is 1. The average Bonchev–Trinajstić information content (AvgIpc) is 2.56. The van der Waals surface area contributed by atoms with Crippen LogP contribution in [0.2, 0.25) is 0 Å². The topological polar surface area (TPSA) is 30.3 Å². The first-order valence-electron chi connectivity index (χ1n) is 6.46. The van der Waals surface area contributed by atoms with E-state index in [1.165, 1.54) is 5.69 Å². The van der Waals surface area contributed by atoms with E-state index in [9.17, 15) is 0 Å². The lowest BCUT2D eigenvalue weighted by atomic mass is 10.3. The van der Waals surface area contributed by atoms with Gasteiger partial charge in [0, 0.05) is 20.1 Å². The van der Waals surface area contributed by atoms with Gasteiger partial charge in [0.05, 0.1) is 28.6 Å². The van der Waals surface area contributed by atoms with Crippen molar-refractivity contribution in [1.82, 2.24) is 14.7 Å². The van der Waals surface area contributed by atoms with E-state index in [2.05, 4.69) is 53.7 Å². The van der Waals surface area contributed by atoms with Crippen LogP contribution in [0.25, 0.3) is 0 Å². The third kappa shape index (κ3) is 4.37. The Hall–Kier alpha value is -0.390. The van der Waals surface area contributed by atoms with Gasteiger partial charge in [0.1, 0.15) is 0 Å². The molecule has 1 rings (SSSR count). The number of aromatic nitrogens is 2. The van der Waals surface area contributed by atoms with E-state index >= 15 is 0 Å². The van der Waals surface area contributed by atoms with Crippen molar-refractivity contribution in [3.8, 4) is 0 Å². The average molecular weight is 318 g/mol. The maximum Gasteiger partial charge on any atom is 0.0767 e. The third-order valence-corrected chi connectivity index (χ3v) is 3.76. The Balaban J connectivity index is 2.53. The van der Waals surface area contributed by atoms with Gasteiger partial charge in [-0.3, -0.25) is 9.58 Å². The first-order valence-corrected chi connectivity index (χ1v) is 7.25. The van der Waals surface area contributed by atoms with E-state index in [0.717, 1.165) is 36.3 Å². The summed E-state index contributed by atoms with van der Waals surface area (Å²) in [7, 11) is 4.10. The first-order chi connectivity index (χ1) is 8.45. The van der Waals surface area contributed by atoms with Crippen molar-refractivity contribution in [3.63, 3.8) is 0 Å². The van der Waals surface area contributed by atoms with Gasteiger partial charge >= 0.3 is 0 Å². The van der Waals surface area contributed by atoms with Crippen LogP contribution in [-0.2, 0) is 24.8 Å². The molecule has 0 fully saturated rings. The highest BCUT2D eigenvalue weighted by atomic mass is 79.9. The minimum atomic E-state index is 0.300. The molecule has 0 saturated carbocycles. The molecule has 5 heteroatoms. The predicted molar refractivity (Wildman–Crippen MR) is 77.7 cm³/mol. The molecular formula is C13H24BrN3O. The summed E-state index contributed by atoms with van der Waals surface area (Å²) in [6.07, 6.45) is 1.25. The number of aryl methyl sites for hydroxylation is 2. The maximum atomic E-state index is 5.56. The van der Waals surface area contributed by atoms with Gasteiger partial charge in [-0.05, 0) is 43.2 Å². The van der Waals surface area contributed by atoms with E-state index < -0.39 is 0 Å². The summed E-state index contributed by atoms with van der Waals surface area (Å²) >= 11 is 3.64. The number of nitrogens with zero attached hydrogens (tertiary/aromatic N) is 3. The molecule has 0 N–H and O–H groups in total. The fourth-order valence-electron chi connectivity index (χ4n) is 1.77. The Morgan fingerprint density at radius 3 is 2.61 bits per heavy atom. The Kier molecular flexibility index (Phi) is 6.32. The van der Waals surface area contributed by atoms with Gasteiger partial charge in [0.15, 0.2) is 0 Å². The Morgan fingerprint density at radius 1 is 1.44 bits per heavy atom. The highest BCUT2D eigenvalue weighted by molar-refractivity contribution is 9.10. The molecule has 0 aliphatic heterocycles. The molecule has 18 heavy (non-hydrogen) atoms. The molecule has 0 saturated heterocycles. The Morgan fingerprint density at radius 2 is 2.11 bits per heavy atom. The second-order valence-electron chi connectivity index (χ2n) is 4.84. The number of likely N-dealkylation sites (N-methyl/N-ethyl adjacent to an activating group) is 1. The van der Waals surface area contributed by atoms with Crippen LogP contribution in [0.5, 0.6) is 0 Å². The molecule has 0 radical (unpaired) electrons. The summed E-state index contributed by atoms with van der Waals surface area (Å²) in [6.45, 7) is 8.82. The number of halogens is 1. The van der Waals surface area contributed by atoms with Crippen LogP contribution in [0.15, 0.2) is 4.47 Å². The van der Waals surface area contributed by atoms with Crippen molar-refractivity contribution < 1.29 is 4.74 Å². The zero-order valence-electron chi connectivity index (χ0n) is 12.0. The SMILES string of the molecule is CCc1nn(C)c(CN(C)CCOC(C)C)c1Br. The van der Waals surface area contributed by atoms with Crippen molar-refractivity contribution in [2.24, 2.45) is 7.05 Å². The molecule has 0 aliphatic carbocycles. The molecule has 1 aromatic heterocycles. The van der Waals surface area contributed by atoms with Crippen molar-refractivity contribution in [1.29, 1.82) is 0 Å². The highest BCUT2D eigenvalue weighted by Gasteiger charge is 2.14. The molecule has 0 unspecified atom stereocenters. The molecule has 104 valence electrons. The summed E-state index contributed by atoms with van der Waals surface area (Å²) in [4.78, 5) is 2.25. The minimum Gasteiger partial charge on any atom is -0.377 e. The van der Waals surface area contributed by atoms with Crippen LogP contribution in [-0.4, -0.2) is 41.0 Å². The summed E-state index contributed by atoms with van der Waals surface area (Å²) in [5.74, 6) is 0. The fourth-order valence-corrected chi connectivity index (χ4v) is 2.51. The van der Waals surface area contributed by atoms with Crippen LogP contribution in [0, 0.1) is 0 Å². The fraction of sp³-hybridized carbons (Fsp3) is 0.769. The standard InChI is InChI=1S/C13H24BrN3O/c1-6-11-13(14)12(17(5)15-11)9-16(4)7-8-18-10(2)3/h10H,6-9H2,1-5H3. The number of hydrogen-bond donors (Lipinski definition) is 0.